The first-order valence-electron chi connectivity index (χ1n) is 10.3. The number of nitrogens with zero attached hydrogens (tertiary/aromatic N) is 1. The van der Waals surface area contributed by atoms with Crippen LogP contribution in [0.2, 0.25) is 0 Å². The molecular formula is C23H21F3N2O4S. The summed E-state index contributed by atoms with van der Waals surface area (Å²) in [5, 5.41) is 2.50. The van der Waals surface area contributed by atoms with E-state index in [9.17, 15) is 26.4 Å². The number of amides is 1. The first kappa shape index (κ1) is 22.9. The van der Waals surface area contributed by atoms with Crippen LogP contribution in [0.3, 0.4) is 0 Å². The van der Waals surface area contributed by atoms with E-state index in [1.807, 2.05) is 4.90 Å². The van der Waals surface area contributed by atoms with Crippen LogP contribution in [0.1, 0.15) is 34.7 Å². The van der Waals surface area contributed by atoms with Crippen molar-refractivity contribution >= 4 is 27.1 Å². The van der Waals surface area contributed by atoms with Gasteiger partial charge in [0.25, 0.3) is 5.91 Å². The number of halogens is 3. The van der Waals surface area contributed by atoms with Gasteiger partial charge in [0.1, 0.15) is 11.5 Å². The summed E-state index contributed by atoms with van der Waals surface area (Å²) < 4.78 is 70.2. The van der Waals surface area contributed by atoms with Gasteiger partial charge in [-0.2, -0.15) is 13.2 Å². The average molecular weight is 478 g/mol. The molecule has 1 aliphatic heterocycles. The Hall–Kier alpha value is -3.27. The van der Waals surface area contributed by atoms with Gasteiger partial charge < -0.3 is 14.6 Å². The Morgan fingerprint density at radius 1 is 1.00 bits per heavy atom. The fourth-order valence-electron chi connectivity index (χ4n) is 3.71. The maximum absolute atomic E-state index is 13.2. The van der Waals surface area contributed by atoms with Crippen molar-refractivity contribution in [2.45, 2.75) is 29.7 Å². The monoisotopic (exact) mass is 478 g/mol. The number of carbonyl (C=O) groups is 1. The van der Waals surface area contributed by atoms with E-state index >= 15 is 0 Å². The van der Waals surface area contributed by atoms with Gasteiger partial charge in [-0.1, -0.05) is 18.2 Å². The van der Waals surface area contributed by atoms with Crippen LogP contribution in [-0.4, -0.2) is 27.4 Å². The molecule has 1 saturated heterocycles. The lowest BCUT2D eigenvalue weighted by Crippen LogP contribution is -2.21. The van der Waals surface area contributed by atoms with Gasteiger partial charge in [0.05, 0.1) is 21.8 Å². The zero-order valence-corrected chi connectivity index (χ0v) is 18.2. The summed E-state index contributed by atoms with van der Waals surface area (Å²) >= 11 is 0. The molecule has 0 unspecified atom stereocenters. The molecule has 174 valence electrons. The topological polar surface area (TPSA) is 79.6 Å². The SMILES string of the molecule is O=C(Nc1cc(C(F)(F)F)ccc1N1CCCC1)c1ccc(CS(=O)(=O)c2ccccc2)o1. The van der Waals surface area contributed by atoms with Gasteiger partial charge >= 0.3 is 6.18 Å². The molecule has 1 amide bonds. The van der Waals surface area contributed by atoms with E-state index in [2.05, 4.69) is 5.32 Å². The molecule has 1 aromatic heterocycles. The third kappa shape index (κ3) is 5.22. The number of alkyl halides is 3. The Morgan fingerprint density at radius 2 is 1.70 bits per heavy atom. The Balaban J connectivity index is 1.56. The molecule has 0 saturated carbocycles. The molecule has 2 aromatic carbocycles. The molecule has 6 nitrogen and oxygen atoms in total. The van der Waals surface area contributed by atoms with Crippen molar-refractivity contribution < 1.29 is 30.8 Å². The van der Waals surface area contributed by atoms with Gasteiger partial charge in [0.15, 0.2) is 15.6 Å². The highest BCUT2D eigenvalue weighted by Gasteiger charge is 2.32. The molecule has 3 aromatic rings. The van der Waals surface area contributed by atoms with Gasteiger partial charge in [-0.15, -0.1) is 0 Å². The van der Waals surface area contributed by atoms with Gasteiger partial charge in [-0.3, -0.25) is 4.79 Å². The van der Waals surface area contributed by atoms with Crippen molar-refractivity contribution in [2.24, 2.45) is 0 Å². The van der Waals surface area contributed by atoms with Crippen molar-refractivity contribution in [3.8, 4) is 0 Å². The predicted octanol–water partition coefficient (Wildman–Crippen LogP) is 5.12. The second-order valence-corrected chi connectivity index (χ2v) is 9.71. The largest absolute Gasteiger partial charge is 0.455 e. The number of anilines is 2. The van der Waals surface area contributed by atoms with Crippen molar-refractivity contribution in [3.05, 3.63) is 77.7 Å². The zero-order valence-electron chi connectivity index (χ0n) is 17.4. The Labute approximate surface area is 188 Å². The molecule has 10 heteroatoms. The minimum atomic E-state index is -4.56. The Kier molecular flexibility index (Phi) is 6.20. The number of benzene rings is 2. The molecule has 0 spiro atoms. The number of furan rings is 1. The maximum atomic E-state index is 13.2. The predicted molar refractivity (Wildman–Crippen MR) is 117 cm³/mol. The normalized spacial score (nSPS) is 14.5. The van der Waals surface area contributed by atoms with Crippen molar-refractivity contribution in [2.75, 3.05) is 23.3 Å². The summed E-state index contributed by atoms with van der Waals surface area (Å²) in [7, 11) is -3.68. The van der Waals surface area contributed by atoms with E-state index in [1.54, 1.807) is 18.2 Å². The van der Waals surface area contributed by atoms with Crippen LogP contribution in [0.15, 0.2) is 70.0 Å². The molecule has 33 heavy (non-hydrogen) atoms. The molecule has 4 rings (SSSR count). The molecule has 1 aliphatic rings. The fourth-order valence-corrected chi connectivity index (χ4v) is 4.97. The third-order valence-electron chi connectivity index (χ3n) is 5.34. The van der Waals surface area contributed by atoms with Crippen LogP contribution < -0.4 is 10.2 Å². The Bertz CT molecular complexity index is 1250. The molecule has 0 bridgehead atoms. The zero-order chi connectivity index (χ0) is 23.6. The number of hydrogen-bond acceptors (Lipinski definition) is 5. The van der Waals surface area contributed by atoms with Crippen molar-refractivity contribution in [3.63, 3.8) is 0 Å². The minimum absolute atomic E-state index is 0.0200. The second-order valence-electron chi connectivity index (χ2n) is 7.72. The van der Waals surface area contributed by atoms with Gasteiger partial charge in [0, 0.05) is 13.1 Å². The van der Waals surface area contributed by atoms with E-state index in [-0.39, 0.29) is 22.1 Å². The molecule has 0 atom stereocenters. The highest BCUT2D eigenvalue weighted by atomic mass is 32.2. The summed E-state index contributed by atoms with van der Waals surface area (Å²) in [4.78, 5) is 14.8. The van der Waals surface area contributed by atoms with Gasteiger partial charge in [-0.25, -0.2) is 8.42 Å². The van der Waals surface area contributed by atoms with Crippen LogP contribution in [0, 0.1) is 0 Å². The summed E-state index contributed by atoms with van der Waals surface area (Å²) in [6.07, 6.45) is -2.75. The van der Waals surface area contributed by atoms with E-state index in [4.69, 9.17) is 4.42 Å². The van der Waals surface area contributed by atoms with Crippen molar-refractivity contribution in [1.29, 1.82) is 0 Å². The molecule has 1 N–H and O–H groups in total. The molecule has 0 aliphatic carbocycles. The minimum Gasteiger partial charge on any atom is -0.455 e. The summed E-state index contributed by atoms with van der Waals surface area (Å²) in [5.74, 6) is -1.36. The lowest BCUT2D eigenvalue weighted by atomic mass is 10.1. The number of sulfone groups is 1. The number of hydrogen-bond donors (Lipinski definition) is 1. The number of nitrogens with one attached hydrogen (secondary N) is 1. The van der Waals surface area contributed by atoms with Crippen LogP contribution in [0.25, 0.3) is 0 Å². The maximum Gasteiger partial charge on any atom is 0.416 e. The first-order chi connectivity index (χ1) is 15.6. The smallest absolute Gasteiger partial charge is 0.416 e. The summed E-state index contributed by atoms with van der Waals surface area (Å²) in [6.45, 7) is 1.35. The summed E-state index contributed by atoms with van der Waals surface area (Å²) in [6, 6.07) is 13.7. The van der Waals surface area contributed by atoms with Crippen LogP contribution in [0.5, 0.6) is 0 Å². The van der Waals surface area contributed by atoms with Gasteiger partial charge in [-0.05, 0) is 55.3 Å². The standard InChI is InChI=1S/C23H21F3N2O4S/c24-23(25,26)16-8-10-20(28-12-4-5-13-28)19(14-16)27-22(29)21-11-9-17(32-21)15-33(30,31)18-6-2-1-3-7-18/h1-3,6-11,14H,4-5,12-13,15H2,(H,27,29). The van der Waals surface area contributed by atoms with Crippen LogP contribution >= 0.6 is 0 Å². The lowest BCUT2D eigenvalue weighted by Gasteiger charge is -2.22. The van der Waals surface area contributed by atoms with E-state index in [0.29, 0.717) is 18.8 Å². The highest BCUT2D eigenvalue weighted by Crippen LogP contribution is 2.36. The van der Waals surface area contributed by atoms with Crippen molar-refractivity contribution in [1.82, 2.24) is 0 Å². The molecular weight excluding hydrogens is 457 g/mol. The molecule has 0 radical (unpaired) electrons. The van der Waals surface area contributed by atoms with Gasteiger partial charge in [0.2, 0.25) is 0 Å². The number of rotatable bonds is 6. The molecule has 1 fully saturated rings. The second kappa shape index (κ2) is 8.93. The van der Waals surface area contributed by atoms with E-state index in [0.717, 1.165) is 25.0 Å². The van der Waals surface area contributed by atoms with Crippen LogP contribution in [-0.2, 0) is 21.8 Å². The van der Waals surface area contributed by atoms with E-state index in [1.165, 1.54) is 30.3 Å². The third-order valence-corrected chi connectivity index (χ3v) is 6.99. The van der Waals surface area contributed by atoms with E-state index < -0.39 is 33.2 Å². The Morgan fingerprint density at radius 3 is 2.36 bits per heavy atom. The average Bonchev–Trinajstić information content (AvgIpc) is 3.46. The highest BCUT2D eigenvalue weighted by molar-refractivity contribution is 7.90. The lowest BCUT2D eigenvalue weighted by molar-refractivity contribution is -0.137. The van der Waals surface area contributed by atoms with Crippen LogP contribution in [0.4, 0.5) is 24.5 Å². The number of carbonyl (C=O) groups excluding carboxylic acids is 1. The quantitative estimate of drug-likeness (QED) is 0.532. The molecule has 2 heterocycles. The first-order valence-corrected chi connectivity index (χ1v) is 11.9. The fraction of sp³-hybridized carbons (Fsp3) is 0.261. The summed E-state index contributed by atoms with van der Waals surface area (Å²) in [5.41, 5.74) is -0.367.